The van der Waals surface area contributed by atoms with Crippen molar-refractivity contribution in [2.24, 2.45) is 5.73 Å². The summed E-state index contributed by atoms with van der Waals surface area (Å²) in [6.07, 6.45) is 0.282. The lowest BCUT2D eigenvalue weighted by Crippen LogP contribution is -2.39. The highest BCUT2D eigenvalue weighted by atomic mass is 19.1. The molecule has 0 aromatic heterocycles. The molecule has 1 aromatic rings. The van der Waals surface area contributed by atoms with Gasteiger partial charge in [-0.3, -0.25) is 4.79 Å². The first-order chi connectivity index (χ1) is 8.47. The van der Waals surface area contributed by atoms with Gasteiger partial charge >= 0.3 is 0 Å². The molecule has 100 valence electrons. The van der Waals surface area contributed by atoms with E-state index in [9.17, 15) is 9.18 Å². The molecule has 2 unspecified atom stereocenters. The van der Waals surface area contributed by atoms with E-state index in [4.69, 9.17) is 10.5 Å². The molecule has 0 bridgehead atoms. The quantitative estimate of drug-likeness (QED) is 0.807. The number of amides is 1. The summed E-state index contributed by atoms with van der Waals surface area (Å²) in [5, 5.41) is 2.76. The standard InChI is InChI=1S/C13H19FN2O2/c1-9(15)6-13(17)16-10(2)8-18-12-5-3-4-11(14)7-12/h3-5,7,9-10H,6,8,15H2,1-2H3,(H,16,17). The molecule has 0 saturated carbocycles. The van der Waals surface area contributed by atoms with Gasteiger partial charge in [0.1, 0.15) is 18.2 Å². The van der Waals surface area contributed by atoms with Crippen LogP contribution in [0.3, 0.4) is 0 Å². The topological polar surface area (TPSA) is 64.4 Å². The minimum atomic E-state index is -0.346. The van der Waals surface area contributed by atoms with Gasteiger partial charge in [-0.1, -0.05) is 6.07 Å². The van der Waals surface area contributed by atoms with Crippen molar-refractivity contribution in [3.8, 4) is 5.75 Å². The van der Waals surface area contributed by atoms with Crippen LogP contribution in [0, 0.1) is 5.82 Å². The van der Waals surface area contributed by atoms with Gasteiger partial charge in [0.05, 0.1) is 6.04 Å². The lowest BCUT2D eigenvalue weighted by molar-refractivity contribution is -0.122. The fourth-order valence-electron chi connectivity index (χ4n) is 1.45. The minimum absolute atomic E-state index is 0.111. The molecule has 0 spiro atoms. The highest BCUT2D eigenvalue weighted by Gasteiger charge is 2.09. The van der Waals surface area contributed by atoms with Gasteiger partial charge in [-0.2, -0.15) is 0 Å². The fourth-order valence-corrected chi connectivity index (χ4v) is 1.45. The van der Waals surface area contributed by atoms with Crippen LogP contribution >= 0.6 is 0 Å². The Kier molecular flexibility index (Phi) is 5.58. The summed E-state index contributed by atoms with van der Waals surface area (Å²) < 4.78 is 18.3. The van der Waals surface area contributed by atoms with Crippen molar-refractivity contribution in [3.05, 3.63) is 30.1 Å². The number of ether oxygens (including phenoxy) is 1. The largest absolute Gasteiger partial charge is 0.491 e. The first-order valence-corrected chi connectivity index (χ1v) is 5.90. The van der Waals surface area contributed by atoms with E-state index < -0.39 is 0 Å². The van der Waals surface area contributed by atoms with Crippen molar-refractivity contribution in [2.75, 3.05) is 6.61 Å². The van der Waals surface area contributed by atoms with Crippen LogP contribution in [0.5, 0.6) is 5.75 Å². The summed E-state index contributed by atoms with van der Waals surface area (Å²) >= 11 is 0. The molecule has 3 N–H and O–H groups in total. The third-order valence-corrected chi connectivity index (χ3v) is 2.21. The smallest absolute Gasteiger partial charge is 0.221 e. The van der Waals surface area contributed by atoms with Crippen molar-refractivity contribution in [1.82, 2.24) is 5.32 Å². The molecule has 0 radical (unpaired) electrons. The average molecular weight is 254 g/mol. The van der Waals surface area contributed by atoms with Gasteiger partial charge in [-0.05, 0) is 26.0 Å². The van der Waals surface area contributed by atoms with E-state index in [0.29, 0.717) is 5.75 Å². The Morgan fingerprint density at radius 1 is 1.50 bits per heavy atom. The Hall–Kier alpha value is -1.62. The van der Waals surface area contributed by atoms with Gasteiger partial charge in [0.15, 0.2) is 0 Å². The third-order valence-electron chi connectivity index (χ3n) is 2.21. The first kappa shape index (κ1) is 14.4. The Labute approximate surface area is 106 Å². The predicted octanol–water partition coefficient (Wildman–Crippen LogP) is 1.45. The summed E-state index contributed by atoms with van der Waals surface area (Å²) in [4.78, 5) is 11.4. The monoisotopic (exact) mass is 254 g/mol. The summed E-state index contributed by atoms with van der Waals surface area (Å²) in [6, 6.07) is 5.57. The maximum absolute atomic E-state index is 12.9. The van der Waals surface area contributed by atoms with Gasteiger partial charge < -0.3 is 15.8 Å². The molecule has 0 heterocycles. The first-order valence-electron chi connectivity index (χ1n) is 5.90. The highest BCUT2D eigenvalue weighted by Crippen LogP contribution is 2.11. The molecule has 18 heavy (non-hydrogen) atoms. The molecular formula is C13H19FN2O2. The maximum Gasteiger partial charge on any atom is 0.221 e. The third kappa shape index (κ3) is 5.63. The second-order valence-corrected chi connectivity index (χ2v) is 4.42. The molecule has 1 amide bonds. The van der Waals surface area contributed by atoms with E-state index in [1.54, 1.807) is 19.1 Å². The van der Waals surface area contributed by atoms with E-state index in [-0.39, 0.29) is 36.8 Å². The number of carbonyl (C=O) groups excluding carboxylic acids is 1. The maximum atomic E-state index is 12.9. The number of carbonyl (C=O) groups is 1. The van der Waals surface area contributed by atoms with E-state index in [2.05, 4.69) is 5.32 Å². The zero-order valence-corrected chi connectivity index (χ0v) is 10.7. The second-order valence-electron chi connectivity index (χ2n) is 4.42. The van der Waals surface area contributed by atoms with Crippen LogP contribution in [0.15, 0.2) is 24.3 Å². The van der Waals surface area contributed by atoms with Gasteiger partial charge in [-0.25, -0.2) is 4.39 Å². The van der Waals surface area contributed by atoms with E-state index >= 15 is 0 Å². The Morgan fingerprint density at radius 2 is 2.22 bits per heavy atom. The van der Waals surface area contributed by atoms with Crippen molar-refractivity contribution < 1.29 is 13.9 Å². The molecule has 0 saturated heterocycles. The molecule has 2 atom stereocenters. The molecule has 5 heteroatoms. The zero-order chi connectivity index (χ0) is 13.5. The number of halogens is 1. The number of hydrogen-bond acceptors (Lipinski definition) is 3. The lowest BCUT2D eigenvalue weighted by Gasteiger charge is -2.15. The Morgan fingerprint density at radius 3 is 2.83 bits per heavy atom. The fraction of sp³-hybridized carbons (Fsp3) is 0.462. The van der Waals surface area contributed by atoms with Crippen LogP contribution in [0.4, 0.5) is 4.39 Å². The normalized spacial score (nSPS) is 13.8. The number of nitrogens with one attached hydrogen (secondary N) is 1. The molecule has 0 aliphatic carbocycles. The summed E-state index contributed by atoms with van der Waals surface area (Å²) in [5.74, 6) is -0.00946. The van der Waals surface area contributed by atoms with Crippen LogP contribution in [0.25, 0.3) is 0 Å². The molecular weight excluding hydrogens is 235 g/mol. The molecule has 0 aliphatic rings. The van der Waals surface area contributed by atoms with Gasteiger partial charge in [-0.15, -0.1) is 0 Å². The number of benzene rings is 1. The predicted molar refractivity (Wildman–Crippen MR) is 67.8 cm³/mol. The molecule has 0 aliphatic heterocycles. The van der Waals surface area contributed by atoms with Crippen LogP contribution in [-0.2, 0) is 4.79 Å². The van der Waals surface area contributed by atoms with Crippen LogP contribution in [0.1, 0.15) is 20.3 Å². The minimum Gasteiger partial charge on any atom is -0.491 e. The van der Waals surface area contributed by atoms with Crippen LogP contribution < -0.4 is 15.8 Å². The van der Waals surface area contributed by atoms with Crippen molar-refractivity contribution in [3.63, 3.8) is 0 Å². The zero-order valence-electron chi connectivity index (χ0n) is 10.7. The average Bonchev–Trinajstić information content (AvgIpc) is 2.25. The highest BCUT2D eigenvalue weighted by molar-refractivity contribution is 5.76. The van der Waals surface area contributed by atoms with Crippen LogP contribution in [-0.4, -0.2) is 24.6 Å². The number of nitrogens with two attached hydrogens (primary N) is 1. The Bertz CT molecular complexity index is 396. The second kappa shape index (κ2) is 6.96. The summed E-state index contributed by atoms with van der Waals surface area (Å²) in [7, 11) is 0. The van der Waals surface area contributed by atoms with Crippen molar-refractivity contribution in [1.29, 1.82) is 0 Å². The summed E-state index contributed by atoms with van der Waals surface area (Å²) in [6.45, 7) is 3.88. The molecule has 1 rings (SSSR count). The lowest BCUT2D eigenvalue weighted by atomic mass is 10.2. The van der Waals surface area contributed by atoms with E-state index in [1.165, 1.54) is 12.1 Å². The number of rotatable bonds is 6. The van der Waals surface area contributed by atoms with Crippen molar-refractivity contribution >= 4 is 5.91 Å². The van der Waals surface area contributed by atoms with E-state index in [1.807, 2.05) is 6.92 Å². The molecule has 4 nitrogen and oxygen atoms in total. The number of hydrogen-bond donors (Lipinski definition) is 2. The molecule has 0 fully saturated rings. The van der Waals surface area contributed by atoms with Gasteiger partial charge in [0.25, 0.3) is 0 Å². The van der Waals surface area contributed by atoms with Gasteiger partial charge in [0.2, 0.25) is 5.91 Å². The van der Waals surface area contributed by atoms with E-state index in [0.717, 1.165) is 0 Å². The van der Waals surface area contributed by atoms with Crippen molar-refractivity contribution in [2.45, 2.75) is 32.4 Å². The van der Waals surface area contributed by atoms with Crippen LogP contribution in [0.2, 0.25) is 0 Å². The molecule has 1 aromatic carbocycles. The SMILES string of the molecule is CC(N)CC(=O)NC(C)COc1cccc(F)c1. The Balaban J connectivity index is 2.33. The summed E-state index contributed by atoms with van der Waals surface area (Å²) in [5.41, 5.74) is 5.52. The van der Waals surface area contributed by atoms with Gasteiger partial charge in [0, 0.05) is 18.5 Å².